The minimum absolute atomic E-state index is 0.0476. The number of nitrogens with zero attached hydrogens (tertiary/aromatic N) is 2. The molecule has 6 nitrogen and oxygen atoms in total. The molecule has 2 N–H and O–H groups in total. The van der Waals surface area contributed by atoms with Crippen LogP contribution in [0.4, 0.5) is 17.3 Å². The van der Waals surface area contributed by atoms with Crippen LogP contribution in [0.3, 0.4) is 0 Å². The molecule has 0 saturated heterocycles. The Morgan fingerprint density at radius 2 is 1.81 bits per heavy atom. The molecule has 0 aliphatic heterocycles. The van der Waals surface area contributed by atoms with Gasteiger partial charge in [-0.05, 0) is 44.2 Å². The van der Waals surface area contributed by atoms with Gasteiger partial charge in [-0.1, -0.05) is 29.8 Å². The van der Waals surface area contributed by atoms with E-state index >= 15 is 0 Å². The van der Waals surface area contributed by atoms with E-state index in [0.717, 1.165) is 5.69 Å². The van der Waals surface area contributed by atoms with Crippen molar-refractivity contribution in [1.29, 1.82) is 0 Å². The third kappa shape index (κ3) is 5.18. The van der Waals surface area contributed by atoms with Crippen LogP contribution in [0.25, 0.3) is 0 Å². The summed E-state index contributed by atoms with van der Waals surface area (Å²) < 4.78 is 5.76. The number of amides is 1. The molecule has 0 radical (unpaired) electrons. The molecule has 0 aliphatic rings. The van der Waals surface area contributed by atoms with Crippen LogP contribution in [-0.2, 0) is 0 Å². The van der Waals surface area contributed by atoms with Gasteiger partial charge in [-0.3, -0.25) is 4.79 Å². The minimum Gasteiger partial charge on any atom is -0.489 e. The molecule has 3 aromatic rings. The maximum absolute atomic E-state index is 12.3. The first kappa shape index (κ1) is 18.7. The predicted octanol–water partition coefficient (Wildman–Crippen LogP) is 4.91. The second kappa shape index (κ2) is 8.51. The van der Waals surface area contributed by atoms with Crippen LogP contribution in [0, 0.1) is 0 Å². The Morgan fingerprint density at radius 1 is 1.07 bits per heavy atom. The lowest BCUT2D eigenvalue weighted by atomic mass is 10.2. The summed E-state index contributed by atoms with van der Waals surface area (Å²) in [6, 6.07) is 14.5. The van der Waals surface area contributed by atoms with Gasteiger partial charge in [-0.15, -0.1) is 0 Å². The third-order valence-corrected chi connectivity index (χ3v) is 3.73. The van der Waals surface area contributed by atoms with E-state index in [4.69, 9.17) is 16.3 Å². The van der Waals surface area contributed by atoms with Crippen LogP contribution in [0.5, 0.6) is 5.75 Å². The first-order valence-corrected chi connectivity index (χ1v) is 8.81. The number of halogens is 1. The van der Waals surface area contributed by atoms with E-state index in [-0.39, 0.29) is 12.0 Å². The van der Waals surface area contributed by atoms with Gasteiger partial charge in [0.2, 0.25) is 5.95 Å². The Kier molecular flexibility index (Phi) is 5.88. The molecule has 0 spiro atoms. The number of rotatable bonds is 6. The van der Waals surface area contributed by atoms with Gasteiger partial charge in [-0.25, -0.2) is 9.97 Å². The number of ether oxygens (including phenoxy) is 1. The second-order valence-electron chi connectivity index (χ2n) is 6.05. The van der Waals surface area contributed by atoms with Crippen LogP contribution in [0.1, 0.15) is 24.2 Å². The fraction of sp³-hybridized carbons (Fsp3) is 0.150. The third-order valence-electron chi connectivity index (χ3n) is 3.49. The summed E-state index contributed by atoms with van der Waals surface area (Å²) in [5, 5.41) is 6.41. The van der Waals surface area contributed by atoms with Crippen LogP contribution in [0.2, 0.25) is 5.02 Å². The first-order chi connectivity index (χ1) is 13.0. The molecule has 0 fully saturated rings. The van der Waals surface area contributed by atoms with E-state index in [1.807, 2.05) is 38.1 Å². The summed E-state index contributed by atoms with van der Waals surface area (Å²) in [6.07, 6.45) is 2.97. The lowest BCUT2D eigenvalue weighted by molar-refractivity contribution is 0.102. The molecule has 0 unspecified atom stereocenters. The molecule has 0 aliphatic carbocycles. The zero-order valence-electron chi connectivity index (χ0n) is 14.9. The monoisotopic (exact) mass is 382 g/mol. The molecule has 1 heterocycles. The Balaban J connectivity index is 1.70. The topological polar surface area (TPSA) is 76.1 Å². The summed E-state index contributed by atoms with van der Waals surface area (Å²) in [5.41, 5.74) is 1.70. The van der Waals surface area contributed by atoms with Crippen molar-refractivity contribution in [3.63, 3.8) is 0 Å². The normalized spacial score (nSPS) is 10.5. The van der Waals surface area contributed by atoms with Gasteiger partial charge < -0.3 is 15.4 Å². The number of hydrogen-bond acceptors (Lipinski definition) is 5. The fourth-order valence-corrected chi connectivity index (χ4v) is 2.52. The highest BCUT2D eigenvalue weighted by atomic mass is 35.5. The first-order valence-electron chi connectivity index (χ1n) is 8.43. The number of benzene rings is 2. The van der Waals surface area contributed by atoms with Crippen molar-refractivity contribution in [3.8, 4) is 5.75 Å². The van der Waals surface area contributed by atoms with Gasteiger partial charge in [0.05, 0.1) is 17.4 Å². The summed E-state index contributed by atoms with van der Waals surface area (Å²) >= 11 is 5.92. The Bertz CT molecular complexity index is 929. The van der Waals surface area contributed by atoms with Crippen molar-refractivity contribution >= 4 is 34.8 Å². The largest absolute Gasteiger partial charge is 0.489 e. The van der Waals surface area contributed by atoms with Gasteiger partial charge in [0.1, 0.15) is 5.75 Å². The Morgan fingerprint density at radius 3 is 2.52 bits per heavy atom. The predicted molar refractivity (Wildman–Crippen MR) is 107 cm³/mol. The molecule has 1 amide bonds. The Hall–Kier alpha value is -3.12. The second-order valence-corrected chi connectivity index (χ2v) is 6.48. The fourth-order valence-electron chi connectivity index (χ4n) is 2.33. The zero-order valence-corrected chi connectivity index (χ0v) is 15.7. The maximum Gasteiger partial charge on any atom is 0.258 e. The number of para-hydroxylation sites is 2. The molecular formula is C20H19ClN4O2. The SMILES string of the molecule is CC(C)Oc1ccccc1Nc1ncc(C(=O)Nc2cccc(Cl)c2)cn1. The van der Waals surface area contributed by atoms with Crippen molar-refractivity contribution in [2.24, 2.45) is 0 Å². The van der Waals surface area contributed by atoms with Gasteiger partial charge in [0.25, 0.3) is 5.91 Å². The molecule has 0 atom stereocenters. The average molecular weight is 383 g/mol. The van der Waals surface area contributed by atoms with Crippen LogP contribution in [-0.4, -0.2) is 22.0 Å². The van der Waals surface area contributed by atoms with Crippen molar-refractivity contribution < 1.29 is 9.53 Å². The van der Waals surface area contributed by atoms with Crippen molar-refractivity contribution in [1.82, 2.24) is 9.97 Å². The minimum atomic E-state index is -0.313. The molecule has 138 valence electrons. The van der Waals surface area contributed by atoms with E-state index in [9.17, 15) is 4.79 Å². The van der Waals surface area contributed by atoms with Crippen LogP contribution < -0.4 is 15.4 Å². The lowest BCUT2D eigenvalue weighted by Gasteiger charge is -2.14. The molecule has 7 heteroatoms. The summed E-state index contributed by atoms with van der Waals surface area (Å²) in [4.78, 5) is 20.7. The van der Waals surface area contributed by atoms with Crippen molar-refractivity contribution in [3.05, 3.63) is 71.5 Å². The molecule has 0 bridgehead atoms. The van der Waals surface area contributed by atoms with E-state index in [2.05, 4.69) is 20.6 Å². The maximum atomic E-state index is 12.3. The van der Waals surface area contributed by atoms with E-state index in [1.54, 1.807) is 24.3 Å². The van der Waals surface area contributed by atoms with E-state index in [0.29, 0.717) is 28.0 Å². The van der Waals surface area contributed by atoms with Gasteiger partial charge >= 0.3 is 0 Å². The molecular weight excluding hydrogens is 364 g/mol. The van der Waals surface area contributed by atoms with Crippen LogP contribution in [0.15, 0.2) is 60.9 Å². The number of nitrogens with one attached hydrogen (secondary N) is 2. The number of carbonyl (C=O) groups is 1. The highest BCUT2D eigenvalue weighted by Gasteiger charge is 2.10. The standard InChI is InChI=1S/C20H19ClN4O2/c1-13(2)27-18-9-4-3-8-17(18)25-20-22-11-14(12-23-20)19(26)24-16-7-5-6-15(21)10-16/h3-13H,1-2H3,(H,24,26)(H,22,23,25). The number of carbonyl (C=O) groups excluding carboxylic acids is 1. The van der Waals surface area contributed by atoms with Gasteiger partial charge in [-0.2, -0.15) is 0 Å². The summed E-state index contributed by atoms with van der Waals surface area (Å²) in [6.45, 7) is 3.92. The highest BCUT2D eigenvalue weighted by molar-refractivity contribution is 6.30. The molecule has 0 saturated carbocycles. The van der Waals surface area contributed by atoms with E-state index < -0.39 is 0 Å². The lowest BCUT2D eigenvalue weighted by Crippen LogP contribution is -2.13. The average Bonchev–Trinajstić information content (AvgIpc) is 2.63. The van der Waals surface area contributed by atoms with E-state index in [1.165, 1.54) is 12.4 Å². The number of hydrogen-bond donors (Lipinski definition) is 2. The molecule has 2 aromatic carbocycles. The van der Waals surface area contributed by atoms with Gasteiger partial charge in [0.15, 0.2) is 0 Å². The van der Waals surface area contributed by atoms with Crippen molar-refractivity contribution in [2.75, 3.05) is 10.6 Å². The van der Waals surface area contributed by atoms with Crippen LogP contribution >= 0.6 is 11.6 Å². The summed E-state index contributed by atoms with van der Waals surface area (Å²) in [7, 11) is 0. The molecule has 1 aromatic heterocycles. The number of anilines is 3. The summed E-state index contributed by atoms with van der Waals surface area (Å²) in [5.74, 6) is 0.764. The molecule has 3 rings (SSSR count). The quantitative estimate of drug-likeness (QED) is 0.633. The number of aromatic nitrogens is 2. The molecule has 27 heavy (non-hydrogen) atoms. The highest BCUT2D eigenvalue weighted by Crippen LogP contribution is 2.27. The van der Waals surface area contributed by atoms with Gasteiger partial charge in [0, 0.05) is 23.1 Å². The Labute approximate surface area is 162 Å². The smallest absolute Gasteiger partial charge is 0.258 e. The zero-order chi connectivity index (χ0) is 19.2. The van der Waals surface area contributed by atoms with Crippen molar-refractivity contribution in [2.45, 2.75) is 20.0 Å².